The van der Waals surface area contributed by atoms with Gasteiger partial charge in [-0.3, -0.25) is 9.78 Å². The van der Waals surface area contributed by atoms with Gasteiger partial charge in [0.15, 0.2) is 0 Å². The second-order valence-corrected chi connectivity index (χ2v) is 6.44. The Morgan fingerprint density at radius 1 is 1.30 bits per heavy atom. The highest BCUT2D eigenvalue weighted by Crippen LogP contribution is 2.37. The van der Waals surface area contributed by atoms with Crippen LogP contribution in [-0.4, -0.2) is 21.8 Å². The van der Waals surface area contributed by atoms with Crippen LogP contribution >= 0.6 is 15.9 Å². The zero-order valence-corrected chi connectivity index (χ0v) is 14.7. The minimum atomic E-state index is -0.990. The first kappa shape index (κ1) is 15.7. The second-order valence-electron chi connectivity index (χ2n) is 5.52. The van der Waals surface area contributed by atoms with E-state index in [2.05, 4.69) is 26.0 Å². The largest absolute Gasteiger partial charge is 0.443 e. The van der Waals surface area contributed by atoms with E-state index in [0.29, 0.717) is 5.90 Å². The third-order valence-corrected chi connectivity index (χ3v) is 4.20. The molecule has 0 aliphatic carbocycles. The van der Waals surface area contributed by atoms with Gasteiger partial charge in [0.1, 0.15) is 0 Å². The van der Waals surface area contributed by atoms with Crippen LogP contribution in [0.3, 0.4) is 0 Å². The molecular formula is C17H16BrN3O2. The predicted molar refractivity (Wildman–Crippen MR) is 90.6 cm³/mol. The summed E-state index contributed by atoms with van der Waals surface area (Å²) in [5.41, 5.74) is 1.49. The summed E-state index contributed by atoms with van der Waals surface area (Å²) in [7, 11) is 0. The molecule has 1 amide bonds. The number of hydrogen-bond acceptors (Lipinski definition) is 4. The Morgan fingerprint density at radius 2 is 2.09 bits per heavy atom. The quantitative estimate of drug-likeness (QED) is 0.808. The van der Waals surface area contributed by atoms with Crippen LogP contribution < -0.4 is 0 Å². The number of hydrogen-bond donors (Lipinski definition) is 0. The van der Waals surface area contributed by atoms with Gasteiger partial charge in [-0.25, -0.2) is 0 Å². The van der Waals surface area contributed by atoms with Gasteiger partial charge >= 0.3 is 0 Å². The maximum atomic E-state index is 12.1. The Kier molecular flexibility index (Phi) is 3.93. The highest BCUT2D eigenvalue weighted by molar-refractivity contribution is 9.10. The fourth-order valence-corrected chi connectivity index (χ4v) is 2.88. The van der Waals surface area contributed by atoms with Gasteiger partial charge in [-0.2, -0.15) is 5.01 Å². The van der Waals surface area contributed by atoms with E-state index in [0.717, 1.165) is 21.3 Å². The normalized spacial score (nSPS) is 20.2. The molecule has 6 heteroatoms. The molecule has 0 saturated heterocycles. The van der Waals surface area contributed by atoms with Gasteiger partial charge in [0.05, 0.1) is 5.56 Å². The zero-order chi connectivity index (χ0) is 16.6. The van der Waals surface area contributed by atoms with Crippen LogP contribution in [-0.2, 0) is 15.3 Å². The molecular weight excluding hydrogens is 358 g/mol. The van der Waals surface area contributed by atoms with Crippen molar-refractivity contribution in [3.05, 3.63) is 63.9 Å². The maximum absolute atomic E-state index is 12.1. The number of benzene rings is 1. The molecule has 0 bridgehead atoms. The van der Waals surface area contributed by atoms with E-state index in [1.165, 1.54) is 11.9 Å². The minimum absolute atomic E-state index is 0.192. The number of pyridine rings is 1. The SMILES string of the molecule is CC(=O)N1N=C(c2ccc(C)nc2)OC1(C)c1cccc(Br)c1. The van der Waals surface area contributed by atoms with Crippen molar-refractivity contribution in [2.45, 2.75) is 26.5 Å². The number of ether oxygens (including phenoxy) is 1. The molecule has 1 aliphatic rings. The number of aryl methyl sites for hydroxylation is 1. The summed E-state index contributed by atoms with van der Waals surface area (Å²) in [6.07, 6.45) is 1.69. The van der Waals surface area contributed by atoms with E-state index in [4.69, 9.17) is 4.74 Å². The Bertz CT molecular complexity index is 789. The molecule has 2 aromatic rings. The van der Waals surface area contributed by atoms with Gasteiger partial charge in [-0.15, -0.1) is 5.10 Å². The molecule has 5 nitrogen and oxygen atoms in total. The number of amides is 1. The number of carbonyl (C=O) groups excluding carboxylic acids is 1. The fraction of sp³-hybridized carbons (Fsp3) is 0.235. The van der Waals surface area contributed by atoms with Gasteiger partial charge in [0.2, 0.25) is 17.5 Å². The number of aromatic nitrogens is 1. The fourth-order valence-electron chi connectivity index (χ4n) is 2.48. The van der Waals surface area contributed by atoms with Crippen molar-refractivity contribution < 1.29 is 9.53 Å². The van der Waals surface area contributed by atoms with Gasteiger partial charge < -0.3 is 4.74 Å². The van der Waals surface area contributed by atoms with E-state index in [1.54, 1.807) is 6.20 Å². The standard InChI is InChI=1S/C17H16BrN3O2/c1-11-7-8-13(10-19-11)16-20-21(12(2)22)17(3,23-16)14-5-4-6-15(18)9-14/h4-10H,1-3H3. The van der Waals surface area contributed by atoms with Crippen LogP contribution in [0.2, 0.25) is 0 Å². The molecule has 23 heavy (non-hydrogen) atoms. The molecule has 2 heterocycles. The van der Waals surface area contributed by atoms with Gasteiger partial charge in [0, 0.05) is 35.8 Å². The van der Waals surface area contributed by atoms with E-state index in [9.17, 15) is 4.79 Å². The molecule has 0 fully saturated rings. The molecule has 118 valence electrons. The summed E-state index contributed by atoms with van der Waals surface area (Å²) in [6.45, 7) is 5.21. The third-order valence-electron chi connectivity index (χ3n) is 3.71. The molecule has 0 N–H and O–H groups in total. The molecule has 1 atom stereocenters. The molecule has 3 rings (SSSR count). The predicted octanol–water partition coefficient (Wildman–Crippen LogP) is 3.57. The molecule has 1 aromatic carbocycles. The lowest BCUT2D eigenvalue weighted by Gasteiger charge is -2.31. The van der Waals surface area contributed by atoms with Crippen molar-refractivity contribution >= 4 is 27.7 Å². The molecule has 0 saturated carbocycles. The van der Waals surface area contributed by atoms with Crippen molar-refractivity contribution in [2.24, 2.45) is 5.10 Å². The summed E-state index contributed by atoms with van der Waals surface area (Å²) in [5, 5.41) is 5.73. The second kappa shape index (κ2) is 5.77. The lowest BCUT2D eigenvalue weighted by molar-refractivity contribution is -0.146. The molecule has 0 spiro atoms. The van der Waals surface area contributed by atoms with Crippen LogP contribution in [0.4, 0.5) is 0 Å². The van der Waals surface area contributed by atoms with Crippen molar-refractivity contribution in [3.63, 3.8) is 0 Å². The highest BCUT2D eigenvalue weighted by Gasteiger charge is 2.45. The molecule has 1 unspecified atom stereocenters. The van der Waals surface area contributed by atoms with Crippen LogP contribution in [0.25, 0.3) is 0 Å². The Labute approximate surface area is 143 Å². The molecule has 1 aliphatic heterocycles. The average molecular weight is 374 g/mol. The lowest BCUT2D eigenvalue weighted by atomic mass is 10.0. The lowest BCUT2D eigenvalue weighted by Crippen LogP contribution is -2.41. The van der Waals surface area contributed by atoms with Crippen molar-refractivity contribution in [1.29, 1.82) is 0 Å². The first-order valence-electron chi connectivity index (χ1n) is 7.17. The highest BCUT2D eigenvalue weighted by atomic mass is 79.9. The van der Waals surface area contributed by atoms with Crippen LogP contribution in [0.5, 0.6) is 0 Å². The third kappa shape index (κ3) is 2.86. The monoisotopic (exact) mass is 373 g/mol. The first-order chi connectivity index (χ1) is 10.9. The van der Waals surface area contributed by atoms with Gasteiger partial charge in [-0.05, 0) is 31.2 Å². The number of nitrogens with zero attached hydrogens (tertiary/aromatic N) is 3. The van der Waals surface area contributed by atoms with Crippen LogP contribution in [0.15, 0.2) is 52.2 Å². The summed E-state index contributed by atoms with van der Waals surface area (Å²) in [5.74, 6) is 0.192. The summed E-state index contributed by atoms with van der Waals surface area (Å²) in [4.78, 5) is 16.3. The zero-order valence-electron chi connectivity index (χ0n) is 13.1. The van der Waals surface area contributed by atoms with Crippen molar-refractivity contribution in [2.75, 3.05) is 0 Å². The summed E-state index contributed by atoms with van der Waals surface area (Å²) in [6, 6.07) is 11.4. The number of halogens is 1. The number of hydrazone groups is 1. The van der Waals surface area contributed by atoms with E-state index >= 15 is 0 Å². The maximum Gasteiger partial charge on any atom is 0.243 e. The van der Waals surface area contributed by atoms with E-state index in [1.807, 2.05) is 50.2 Å². The topological polar surface area (TPSA) is 54.8 Å². The Morgan fingerprint density at radius 3 is 2.70 bits per heavy atom. The molecule has 1 aromatic heterocycles. The van der Waals surface area contributed by atoms with Crippen molar-refractivity contribution in [3.8, 4) is 0 Å². The minimum Gasteiger partial charge on any atom is -0.443 e. The number of rotatable bonds is 2. The Hall–Kier alpha value is -2.21. The Balaban J connectivity index is 2.03. The van der Waals surface area contributed by atoms with E-state index < -0.39 is 5.72 Å². The van der Waals surface area contributed by atoms with Crippen LogP contribution in [0.1, 0.15) is 30.7 Å². The van der Waals surface area contributed by atoms with Crippen molar-refractivity contribution in [1.82, 2.24) is 9.99 Å². The van der Waals surface area contributed by atoms with Gasteiger partial charge in [-0.1, -0.05) is 28.1 Å². The first-order valence-corrected chi connectivity index (χ1v) is 7.97. The summed E-state index contributed by atoms with van der Waals surface area (Å²) < 4.78 is 6.99. The van der Waals surface area contributed by atoms with E-state index in [-0.39, 0.29) is 5.91 Å². The summed E-state index contributed by atoms with van der Waals surface area (Å²) >= 11 is 3.45. The smallest absolute Gasteiger partial charge is 0.243 e. The van der Waals surface area contributed by atoms with Gasteiger partial charge in [0.25, 0.3) is 0 Å². The average Bonchev–Trinajstić information content (AvgIpc) is 2.87. The number of carbonyl (C=O) groups is 1. The van der Waals surface area contributed by atoms with Crippen LogP contribution in [0, 0.1) is 6.92 Å². The molecule has 0 radical (unpaired) electrons.